The van der Waals surface area contributed by atoms with Crippen LogP contribution in [0, 0.1) is 5.41 Å². The van der Waals surface area contributed by atoms with Crippen LogP contribution in [0.25, 0.3) is 10.9 Å². The maximum absolute atomic E-state index is 13.0. The fraction of sp³-hybridized carbons (Fsp3) is 0.259. The molecular formula is C27H28N6O2. The van der Waals surface area contributed by atoms with Crippen molar-refractivity contribution in [1.29, 1.82) is 5.41 Å². The van der Waals surface area contributed by atoms with Gasteiger partial charge in [0.1, 0.15) is 0 Å². The van der Waals surface area contributed by atoms with E-state index in [0.29, 0.717) is 22.3 Å². The number of benzene rings is 2. The molecule has 35 heavy (non-hydrogen) atoms. The molecule has 0 saturated carbocycles. The second-order valence-electron chi connectivity index (χ2n) is 8.97. The smallest absolute Gasteiger partial charge is 0.316 e. The van der Waals surface area contributed by atoms with Crippen molar-refractivity contribution in [3.63, 3.8) is 0 Å². The van der Waals surface area contributed by atoms with Crippen molar-refractivity contribution in [3.8, 4) is 6.01 Å². The number of nitrogens with one attached hydrogen (secondary N) is 2. The summed E-state index contributed by atoms with van der Waals surface area (Å²) >= 11 is 0. The molecule has 5 rings (SSSR count). The largest absolute Gasteiger partial charge is 0.467 e. The molecule has 0 radical (unpaired) electrons. The third-order valence-corrected chi connectivity index (χ3v) is 6.61. The number of hydrogen-bond donors (Lipinski definition) is 3. The second kappa shape index (κ2) is 9.68. The van der Waals surface area contributed by atoms with Crippen LogP contribution >= 0.6 is 0 Å². The van der Waals surface area contributed by atoms with Gasteiger partial charge in [0.2, 0.25) is 0 Å². The summed E-state index contributed by atoms with van der Waals surface area (Å²) in [4.78, 5) is 26.6. The molecule has 1 saturated heterocycles. The van der Waals surface area contributed by atoms with Gasteiger partial charge in [-0.15, -0.1) is 0 Å². The molecule has 0 spiro atoms. The Morgan fingerprint density at radius 1 is 1.20 bits per heavy atom. The van der Waals surface area contributed by atoms with E-state index in [1.807, 2.05) is 18.2 Å². The molecule has 0 aliphatic carbocycles. The van der Waals surface area contributed by atoms with E-state index in [4.69, 9.17) is 15.9 Å². The highest BCUT2D eigenvalue weighted by Gasteiger charge is 2.24. The van der Waals surface area contributed by atoms with Crippen LogP contribution in [0.5, 0.6) is 6.01 Å². The van der Waals surface area contributed by atoms with E-state index >= 15 is 0 Å². The fourth-order valence-corrected chi connectivity index (χ4v) is 4.81. The SMILES string of the molecule is COc1ncc(C(=N)c2cc3cc(C4CCCN(Cc5ccccc5)C4)c(=O)[nH]c3cc2N)cn1. The van der Waals surface area contributed by atoms with Crippen molar-refractivity contribution in [2.45, 2.75) is 25.3 Å². The summed E-state index contributed by atoms with van der Waals surface area (Å²) in [5.41, 5.74) is 10.6. The number of nitrogens with zero attached hydrogens (tertiary/aromatic N) is 3. The Bertz CT molecular complexity index is 1420. The molecule has 178 valence electrons. The summed E-state index contributed by atoms with van der Waals surface area (Å²) in [6.45, 7) is 2.74. The Morgan fingerprint density at radius 3 is 2.71 bits per heavy atom. The fourth-order valence-electron chi connectivity index (χ4n) is 4.81. The van der Waals surface area contributed by atoms with E-state index in [1.165, 1.54) is 12.7 Å². The Balaban J connectivity index is 1.44. The first kappa shape index (κ1) is 22.7. The van der Waals surface area contributed by atoms with Crippen LogP contribution in [0.1, 0.15) is 41.0 Å². The number of methoxy groups -OCH3 is 1. The molecule has 1 fully saturated rings. The van der Waals surface area contributed by atoms with E-state index in [1.54, 1.807) is 18.5 Å². The molecule has 1 aliphatic heterocycles. The minimum absolute atomic E-state index is 0.0742. The van der Waals surface area contributed by atoms with Gasteiger partial charge in [-0.05, 0) is 48.5 Å². The maximum atomic E-state index is 13.0. The normalized spacial score (nSPS) is 16.3. The summed E-state index contributed by atoms with van der Waals surface area (Å²) in [6, 6.07) is 16.2. The van der Waals surface area contributed by atoms with Crippen LogP contribution < -0.4 is 16.0 Å². The lowest BCUT2D eigenvalue weighted by atomic mass is 9.90. The summed E-state index contributed by atoms with van der Waals surface area (Å²) in [5.74, 6) is 0.149. The Kier molecular flexibility index (Phi) is 6.29. The lowest BCUT2D eigenvalue weighted by Gasteiger charge is -2.32. The zero-order valence-corrected chi connectivity index (χ0v) is 19.6. The zero-order chi connectivity index (χ0) is 24.4. The number of ether oxygens (including phenoxy) is 1. The van der Waals surface area contributed by atoms with Gasteiger partial charge in [-0.2, -0.15) is 0 Å². The molecule has 3 heterocycles. The Hall–Kier alpha value is -4.04. The van der Waals surface area contributed by atoms with E-state index in [9.17, 15) is 4.79 Å². The quantitative estimate of drug-likeness (QED) is 0.293. The number of anilines is 1. The molecule has 4 N–H and O–H groups in total. The topological polar surface area (TPSA) is 121 Å². The number of rotatable bonds is 6. The zero-order valence-electron chi connectivity index (χ0n) is 19.6. The molecule has 1 aliphatic rings. The van der Waals surface area contributed by atoms with Gasteiger partial charge in [-0.25, -0.2) is 9.97 Å². The van der Waals surface area contributed by atoms with Crippen LogP contribution in [0.15, 0.2) is 65.7 Å². The standard InChI is InChI=1S/C27H28N6O2/c1-35-27-30-13-20(14-31-27)25(29)22-11-19-10-21(26(34)32-24(19)12-23(22)28)18-8-5-9-33(16-18)15-17-6-3-2-4-7-17/h2-4,6-7,10-14,18,29H,5,8-9,15-16,28H2,1H3,(H,32,34). The molecule has 2 aromatic heterocycles. The van der Waals surface area contributed by atoms with E-state index < -0.39 is 0 Å². The molecule has 2 aromatic carbocycles. The molecule has 1 atom stereocenters. The minimum atomic E-state index is -0.0742. The molecule has 0 bridgehead atoms. The first-order chi connectivity index (χ1) is 17.0. The molecule has 1 unspecified atom stereocenters. The molecule has 0 amide bonds. The monoisotopic (exact) mass is 468 g/mol. The summed E-state index contributed by atoms with van der Waals surface area (Å²) in [5, 5.41) is 9.51. The third-order valence-electron chi connectivity index (χ3n) is 6.61. The van der Waals surface area contributed by atoms with Gasteiger partial charge in [0.05, 0.1) is 18.3 Å². The minimum Gasteiger partial charge on any atom is -0.467 e. The highest BCUT2D eigenvalue weighted by molar-refractivity contribution is 6.15. The number of fused-ring (bicyclic) bond motifs is 1. The molecule has 8 nitrogen and oxygen atoms in total. The van der Waals surface area contributed by atoms with Crippen LogP contribution in [-0.2, 0) is 6.54 Å². The number of hydrogen-bond acceptors (Lipinski definition) is 7. The van der Waals surface area contributed by atoms with Crippen molar-refractivity contribution < 1.29 is 4.74 Å². The summed E-state index contributed by atoms with van der Waals surface area (Å²) < 4.78 is 5.00. The second-order valence-corrected chi connectivity index (χ2v) is 8.97. The number of nitrogen functional groups attached to an aromatic ring is 1. The Morgan fingerprint density at radius 2 is 1.97 bits per heavy atom. The van der Waals surface area contributed by atoms with Gasteiger partial charge in [0.15, 0.2) is 0 Å². The average molecular weight is 469 g/mol. The van der Waals surface area contributed by atoms with Crippen molar-refractivity contribution >= 4 is 22.3 Å². The number of H-pyrrole nitrogens is 1. The van der Waals surface area contributed by atoms with Gasteiger partial charge in [0, 0.05) is 53.8 Å². The molecule has 8 heteroatoms. The average Bonchev–Trinajstić information content (AvgIpc) is 2.88. The summed E-state index contributed by atoms with van der Waals surface area (Å²) in [6.07, 6.45) is 5.10. The molecular weight excluding hydrogens is 440 g/mol. The number of aromatic nitrogens is 3. The lowest BCUT2D eigenvalue weighted by Crippen LogP contribution is -2.35. The van der Waals surface area contributed by atoms with Crippen LogP contribution in [0.2, 0.25) is 0 Å². The van der Waals surface area contributed by atoms with E-state index in [0.717, 1.165) is 43.4 Å². The van der Waals surface area contributed by atoms with E-state index in [-0.39, 0.29) is 23.2 Å². The van der Waals surface area contributed by atoms with E-state index in [2.05, 4.69) is 44.1 Å². The Labute approximate surface area is 203 Å². The van der Waals surface area contributed by atoms with Crippen LogP contribution in [-0.4, -0.2) is 45.8 Å². The van der Waals surface area contributed by atoms with Crippen molar-refractivity contribution in [1.82, 2.24) is 19.9 Å². The molecule has 4 aromatic rings. The summed E-state index contributed by atoms with van der Waals surface area (Å²) in [7, 11) is 1.49. The van der Waals surface area contributed by atoms with Gasteiger partial charge < -0.3 is 15.5 Å². The van der Waals surface area contributed by atoms with Crippen molar-refractivity contribution in [2.75, 3.05) is 25.9 Å². The number of likely N-dealkylation sites (tertiary alicyclic amines) is 1. The predicted molar refractivity (Wildman–Crippen MR) is 137 cm³/mol. The highest BCUT2D eigenvalue weighted by Crippen LogP contribution is 2.29. The maximum Gasteiger partial charge on any atom is 0.316 e. The number of nitrogens with two attached hydrogens (primary N) is 1. The van der Waals surface area contributed by atoms with Gasteiger partial charge in [-0.1, -0.05) is 30.3 Å². The first-order valence-electron chi connectivity index (χ1n) is 11.7. The predicted octanol–water partition coefficient (Wildman–Crippen LogP) is 3.70. The number of piperidine rings is 1. The lowest BCUT2D eigenvalue weighted by molar-refractivity contribution is 0.199. The highest BCUT2D eigenvalue weighted by atomic mass is 16.5. The van der Waals surface area contributed by atoms with Gasteiger partial charge in [0.25, 0.3) is 5.56 Å². The number of pyridine rings is 1. The van der Waals surface area contributed by atoms with Gasteiger partial charge >= 0.3 is 6.01 Å². The third kappa shape index (κ3) is 4.79. The number of aromatic amines is 1. The first-order valence-corrected chi connectivity index (χ1v) is 11.7. The van der Waals surface area contributed by atoms with Gasteiger partial charge in [-0.3, -0.25) is 15.1 Å². The van der Waals surface area contributed by atoms with Crippen molar-refractivity contribution in [2.24, 2.45) is 0 Å². The van der Waals surface area contributed by atoms with Crippen LogP contribution in [0.4, 0.5) is 5.69 Å². The van der Waals surface area contributed by atoms with Crippen molar-refractivity contribution in [3.05, 3.63) is 93.5 Å². The van der Waals surface area contributed by atoms with Crippen LogP contribution in [0.3, 0.4) is 0 Å².